The summed E-state index contributed by atoms with van der Waals surface area (Å²) >= 11 is 0. The van der Waals surface area contributed by atoms with Crippen molar-refractivity contribution in [2.45, 2.75) is 16.7 Å². The van der Waals surface area contributed by atoms with Crippen molar-refractivity contribution in [2.75, 3.05) is 0 Å². The van der Waals surface area contributed by atoms with E-state index in [1.165, 1.54) is 0 Å². The summed E-state index contributed by atoms with van der Waals surface area (Å²) in [6.45, 7) is 1.60. The van der Waals surface area contributed by atoms with Gasteiger partial charge in [-0.3, -0.25) is 0 Å². The number of sulfone groups is 1. The van der Waals surface area contributed by atoms with E-state index in [0.29, 0.717) is 5.69 Å². The molecule has 0 radical (unpaired) electrons. The van der Waals surface area contributed by atoms with Gasteiger partial charge in [-0.25, -0.2) is 8.42 Å². The topological polar surface area (TPSA) is 60.2 Å². The summed E-state index contributed by atoms with van der Waals surface area (Å²) in [4.78, 5) is 0.366. The highest BCUT2D eigenvalue weighted by Gasteiger charge is 2.22. The zero-order valence-electron chi connectivity index (χ0n) is 8.04. The fraction of sp³-hybridized carbons (Fsp3) is 0.100. The van der Waals surface area contributed by atoms with Crippen LogP contribution in [0.3, 0.4) is 0 Å². The summed E-state index contributed by atoms with van der Waals surface area (Å²) in [6.07, 6.45) is 1.15. The van der Waals surface area contributed by atoms with Crippen molar-refractivity contribution < 1.29 is 12.9 Å². The van der Waals surface area contributed by atoms with Gasteiger partial charge in [-0.2, -0.15) is 0 Å². The predicted molar refractivity (Wildman–Crippen MR) is 53.1 cm³/mol. The van der Waals surface area contributed by atoms with E-state index in [-0.39, 0.29) is 9.79 Å². The van der Waals surface area contributed by atoms with E-state index in [0.717, 1.165) is 6.26 Å². The van der Waals surface area contributed by atoms with Crippen LogP contribution in [0.15, 0.2) is 50.9 Å². The Morgan fingerprint density at radius 2 is 1.87 bits per heavy atom. The lowest BCUT2D eigenvalue weighted by atomic mass is 10.4. The van der Waals surface area contributed by atoms with Crippen LogP contribution < -0.4 is 0 Å². The third-order valence-corrected chi connectivity index (χ3v) is 3.91. The van der Waals surface area contributed by atoms with Crippen LogP contribution in [-0.2, 0) is 9.84 Å². The lowest BCUT2D eigenvalue weighted by Gasteiger charge is -2.00. The van der Waals surface area contributed by atoms with Gasteiger partial charge in [0, 0.05) is 0 Å². The first-order valence-electron chi connectivity index (χ1n) is 4.33. The normalized spacial score (nSPS) is 11.5. The van der Waals surface area contributed by atoms with Gasteiger partial charge in [-0.05, 0) is 19.1 Å². The van der Waals surface area contributed by atoms with Gasteiger partial charge in [0.2, 0.25) is 9.84 Å². The van der Waals surface area contributed by atoms with Crippen molar-refractivity contribution in [3.05, 3.63) is 42.3 Å². The molecular formula is C10H9NO3S. The zero-order valence-corrected chi connectivity index (χ0v) is 8.86. The molecule has 1 aromatic carbocycles. The van der Waals surface area contributed by atoms with E-state index in [9.17, 15) is 8.42 Å². The van der Waals surface area contributed by atoms with Crippen LogP contribution in [0.5, 0.6) is 0 Å². The summed E-state index contributed by atoms with van der Waals surface area (Å²) in [6, 6.07) is 8.20. The Hall–Kier alpha value is -1.62. The molecule has 0 N–H and O–H groups in total. The quantitative estimate of drug-likeness (QED) is 0.779. The Balaban J connectivity index is 2.60. The highest BCUT2D eigenvalue weighted by Crippen LogP contribution is 2.22. The molecule has 0 aliphatic rings. The molecule has 5 heteroatoms. The molecule has 15 heavy (non-hydrogen) atoms. The number of aryl methyl sites for hydroxylation is 1. The zero-order chi connectivity index (χ0) is 10.9. The first kappa shape index (κ1) is 9.92. The van der Waals surface area contributed by atoms with Gasteiger partial charge >= 0.3 is 0 Å². The van der Waals surface area contributed by atoms with Crippen LogP contribution in [0.1, 0.15) is 5.69 Å². The highest BCUT2D eigenvalue weighted by molar-refractivity contribution is 7.91. The predicted octanol–water partition coefficient (Wildman–Crippen LogP) is 1.82. The number of aromatic nitrogens is 1. The minimum Gasteiger partial charge on any atom is -0.363 e. The van der Waals surface area contributed by atoms with Gasteiger partial charge < -0.3 is 4.52 Å². The van der Waals surface area contributed by atoms with Gasteiger partial charge in [0.1, 0.15) is 11.2 Å². The molecule has 4 nitrogen and oxygen atoms in total. The number of hydrogen-bond donors (Lipinski definition) is 0. The smallest absolute Gasteiger partial charge is 0.211 e. The summed E-state index contributed by atoms with van der Waals surface area (Å²) < 4.78 is 28.7. The van der Waals surface area contributed by atoms with Crippen LogP contribution in [-0.4, -0.2) is 13.6 Å². The molecule has 0 bridgehead atoms. The first-order valence-corrected chi connectivity index (χ1v) is 5.82. The minimum absolute atomic E-state index is 0.119. The molecule has 2 rings (SSSR count). The van der Waals surface area contributed by atoms with E-state index in [1.54, 1.807) is 37.3 Å². The van der Waals surface area contributed by atoms with Crippen molar-refractivity contribution in [2.24, 2.45) is 0 Å². The van der Waals surface area contributed by atoms with Gasteiger partial charge in [-0.15, -0.1) is 0 Å². The molecule has 0 unspecified atom stereocenters. The van der Waals surface area contributed by atoms with E-state index >= 15 is 0 Å². The lowest BCUT2D eigenvalue weighted by molar-refractivity contribution is 0.413. The number of benzene rings is 1. The molecule has 0 saturated carbocycles. The van der Waals surface area contributed by atoms with Crippen LogP contribution in [0.25, 0.3) is 0 Å². The monoisotopic (exact) mass is 223 g/mol. The minimum atomic E-state index is -3.48. The average molecular weight is 223 g/mol. The fourth-order valence-corrected chi connectivity index (χ4v) is 2.63. The third kappa shape index (κ3) is 1.66. The summed E-state index contributed by atoms with van der Waals surface area (Å²) in [7, 11) is -3.48. The van der Waals surface area contributed by atoms with Crippen LogP contribution >= 0.6 is 0 Å². The summed E-state index contributed by atoms with van der Waals surface area (Å²) in [5.74, 6) is 0. The van der Waals surface area contributed by atoms with E-state index in [4.69, 9.17) is 0 Å². The molecule has 0 fully saturated rings. The van der Waals surface area contributed by atoms with Gasteiger partial charge in [0.05, 0.1) is 10.6 Å². The number of hydrogen-bond acceptors (Lipinski definition) is 4. The lowest BCUT2D eigenvalue weighted by Crippen LogP contribution is -2.01. The van der Waals surface area contributed by atoms with Crippen molar-refractivity contribution >= 4 is 9.84 Å². The molecule has 0 aliphatic heterocycles. The Bertz CT molecular complexity index is 557. The Kier molecular flexibility index (Phi) is 2.32. The number of rotatable bonds is 2. The molecule has 0 amide bonds. The van der Waals surface area contributed by atoms with Crippen LogP contribution in [0.2, 0.25) is 0 Å². The van der Waals surface area contributed by atoms with Crippen LogP contribution in [0, 0.1) is 6.92 Å². The Labute approximate surface area is 87.4 Å². The SMILES string of the molecule is Cc1nocc1S(=O)(=O)c1ccccc1. The van der Waals surface area contributed by atoms with Crippen LogP contribution in [0.4, 0.5) is 0 Å². The molecule has 0 saturated heterocycles. The second-order valence-electron chi connectivity index (χ2n) is 3.08. The van der Waals surface area contributed by atoms with Gasteiger partial charge in [0.25, 0.3) is 0 Å². The molecule has 0 atom stereocenters. The molecule has 78 valence electrons. The maximum Gasteiger partial charge on any atom is 0.211 e. The molecular weight excluding hydrogens is 214 g/mol. The van der Waals surface area contributed by atoms with Crippen molar-refractivity contribution in [1.82, 2.24) is 5.16 Å². The maximum atomic E-state index is 12.0. The van der Waals surface area contributed by atoms with Gasteiger partial charge in [-0.1, -0.05) is 23.4 Å². The van der Waals surface area contributed by atoms with Crippen molar-refractivity contribution in [3.8, 4) is 0 Å². The average Bonchev–Trinajstić information content (AvgIpc) is 2.66. The molecule has 1 aromatic heterocycles. The molecule has 1 heterocycles. The van der Waals surface area contributed by atoms with E-state index in [1.807, 2.05) is 0 Å². The first-order chi connectivity index (χ1) is 7.12. The fourth-order valence-electron chi connectivity index (χ4n) is 1.27. The second-order valence-corrected chi connectivity index (χ2v) is 5.00. The van der Waals surface area contributed by atoms with Crippen molar-refractivity contribution in [1.29, 1.82) is 0 Å². The van der Waals surface area contributed by atoms with E-state index < -0.39 is 9.84 Å². The second kappa shape index (κ2) is 3.51. The third-order valence-electron chi connectivity index (χ3n) is 2.05. The van der Waals surface area contributed by atoms with Gasteiger partial charge in [0.15, 0.2) is 0 Å². The standard InChI is InChI=1S/C10H9NO3S/c1-8-10(7-14-11-8)15(12,13)9-5-3-2-4-6-9/h2-7H,1H3. The summed E-state index contributed by atoms with van der Waals surface area (Å²) in [5, 5.41) is 3.55. The number of nitrogens with zero attached hydrogens (tertiary/aromatic N) is 1. The Morgan fingerprint density at radius 3 is 2.40 bits per heavy atom. The molecule has 2 aromatic rings. The molecule has 0 spiro atoms. The summed E-state index contributed by atoms with van der Waals surface area (Å²) in [5.41, 5.74) is 0.374. The molecule has 0 aliphatic carbocycles. The van der Waals surface area contributed by atoms with Crippen molar-refractivity contribution in [3.63, 3.8) is 0 Å². The Morgan fingerprint density at radius 1 is 1.20 bits per heavy atom. The maximum absolute atomic E-state index is 12.0. The highest BCUT2D eigenvalue weighted by atomic mass is 32.2. The largest absolute Gasteiger partial charge is 0.363 e. The van der Waals surface area contributed by atoms with E-state index in [2.05, 4.69) is 9.68 Å².